The van der Waals surface area contributed by atoms with Crippen molar-refractivity contribution >= 4 is 11.6 Å². The zero-order valence-electron chi connectivity index (χ0n) is 10.2. The monoisotopic (exact) mass is 260 g/mol. The highest BCUT2D eigenvalue weighted by Gasteiger charge is 2.31. The van der Waals surface area contributed by atoms with E-state index in [4.69, 9.17) is 0 Å². The highest BCUT2D eigenvalue weighted by molar-refractivity contribution is 5.89. The topological polar surface area (TPSA) is 41.1 Å². The van der Waals surface area contributed by atoms with Gasteiger partial charge in [-0.15, -0.1) is 0 Å². The molecule has 1 aromatic carbocycles. The molecule has 2 N–H and O–H groups in total. The van der Waals surface area contributed by atoms with E-state index >= 15 is 0 Å². The Kier molecular flexibility index (Phi) is 4.72. The van der Waals surface area contributed by atoms with E-state index in [1.165, 1.54) is 13.0 Å². The molecule has 0 aliphatic carbocycles. The van der Waals surface area contributed by atoms with Gasteiger partial charge in [-0.2, -0.15) is 13.2 Å². The second kappa shape index (κ2) is 5.86. The molecule has 0 atom stereocenters. The van der Waals surface area contributed by atoms with Crippen molar-refractivity contribution in [2.24, 2.45) is 0 Å². The van der Waals surface area contributed by atoms with Gasteiger partial charge >= 0.3 is 6.18 Å². The maximum absolute atomic E-state index is 12.6. The van der Waals surface area contributed by atoms with E-state index in [2.05, 4.69) is 10.6 Å². The van der Waals surface area contributed by atoms with E-state index in [1.54, 1.807) is 7.05 Å². The van der Waals surface area contributed by atoms with Crippen LogP contribution in [0.25, 0.3) is 0 Å². The molecule has 0 spiro atoms. The van der Waals surface area contributed by atoms with Gasteiger partial charge in [0.25, 0.3) is 0 Å². The van der Waals surface area contributed by atoms with E-state index in [0.717, 1.165) is 12.1 Å². The Morgan fingerprint density at radius 1 is 1.33 bits per heavy atom. The summed E-state index contributed by atoms with van der Waals surface area (Å²) < 4.78 is 37.7. The number of likely N-dealkylation sites (N-methyl/N-ethyl adjacent to an activating group) is 1. The third-order valence-electron chi connectivity index (χ3n) is 2.39. The molecule has 0 heterocycles. The van der Waals surface area contributed by atoms with E-state index in [1.807, 2.05) is 0 Å². The van der Waals surface area contributed by atoms with Gasteiger partial charge in [-0.3, -0.25) is 4.79 Å². The zero-order chi connectivity index (χ0) is 13.8. The lowest BCUT2D eigenvalue weighted by atomic mass is 10.1. The summed E-state index contributed by atoms with van der Waals surface area (Å²) in [7, 11) is 1.75. The first-order valence-electron chi connectivity index (χ1n) is 5.47. The summed E-state index contributed by atoms with van der Waals surface area (Å²) in [4.78, 5) is 11.0. The Hall–Kier alpha value is -1.56. The van der Waals surface area contributed by atoms with Crippen molar-refractivity contribution < 1.29 is 18.0 Å². The lowest BCUT2D eigenvalue weighted by Gasteiger charge is -2.13. The van der Waals surface area contributed by atoms with Crippen LogP contribution in [0.1, 0.15) is 18.1 Å². The van der Waals surface area contributed by atoms with E-state index in [0.29, 0.717) is 18.5 Å². The minimum absolute atomic E-state index is 0.215. The van der Waals surface area contributed by atoms with Gasteiger partial charge in [0.15, 0.2) is 0 Å². The van der Waals surface area contributed by atoms with Crippen LogP contribution in [0.2, 0.25) is 0 Å². The Bertz CT molecular complexity index is 430. The maximum atomic E-state index is 12.6. The van der Waals surface area contributed by atoms with E-state index in [9.17, 15) is 18.0 Å². The number of benzene rings is 1. The Labute approximate surface area is 103 Å². The summed E-state index contributed by atoms with van der Waals surface area (Å²) >= 11 is 0. The molecule has 6 heteroatoms. The summed E-state index contributed by atoms with van der Waals surface area (Å²) in [6, 6.07) is 3.38. The quantitative estimate of drug-likeness (QED) is 0.873. The Morgan fingerprint density at radius 2 is 2.00 bits per heavy atom. The first-order valence-corrected chi connectivity index (χ1v) is 5.47. The van der Waals surface area contributed by atoms with Crippen molar-refractivity contribution in [2.45, 2.75) is 19.5 Å². The Morgan fingerprint density at radius 3 is 2.50 bits per heavy atom. The Balaban J connectivity index is 3.07. The van der Waals surface area contributed by atoms with Crippen LogP contribution >= 0.6 is 0 Å². The van der Waals surface area contributed by atoms with Crippen LogP contribution in [-0.4, -0.2) is 19.5 Å². The summed E-state index contributed by atoms with van der Waals surface area (Å²) in [5, 5.41) is 5.33. The van der Waals surface area contributed by atoms with Crippen LogP contribution in [0.3, 0.4) is 0 Å². The van der Waals surface area contributed by atoms with Gasteiger partial charge in [0.1, 0.15) is 0 Å². The second-order valence-electron chi connectivity index (χ2n) is 3.90. The van der Waals surface area contributed by atoms with Crippen molar-refractivity contribution in [2.75, 3.05) is 18.9 Å². The van der Waals surface area contributed by atoms with Crippen LogP contribution in [-0.2, 0) is 17.4 Å². The van der Waals surface area contributed by atoms with Gasteiger partial charge < -0.3 is 10.6 Å². The average Bonchev–Trinajstić information content (AvgIpc) is 2.25. The fourth-order valence-electron chi connectivity index (χ4n) is 1.54. The van der Waals surface area contributed by atoms with Crippen LogP contribution in [0.5, 0.6) is 0 Å². The summed E-state index contributed by atoms with van der Waals surface area (Å²) in [6.45, 7) is 1.89. The van der Waals surface area contributed by atoms with Crippen LogP contribution in [0, 0.1) is 0 Å². The summed E-state index contributed by atoms with van der Waals surface area (Å²) in [6.07, 6.45) is -3.86. The van der Waals surface area contributed by atoms with Gasteiger partial charge in [0.2, 0.25) is 5.91 Å². The van der Waals surface area contributed by atoms with Gasteiger partial charge in [0.05, 0.1) is 5.56 Å². The molecule has 0 unspecified atom stereocenters. The van der Waals surface area contributed by atoms with Crippen LogP contribution in [0.15, 0.2) is 18.2 Å². The molecular formula is C12H15F3N2O. The lowest BCUT2D eigenvalue weighted by Crippen LogP contribution is -2.15. The number of carbonyl (C=O) groups is 1. The molecule has 0 saturated carbocycles. The van der Waals surface area contributed by atoms with Gasteiger partial charge in [0, 0.05) is 12.6 Å². The van der Waals surface area contributed by atoms with Crippen molar-refractivity contribution in [1.29, 1.82) is 0 Å². The third-order valence-corrected chi connectivity index (χ3v) is 2.39. The third kappa shape index (κ3) is 4.03. The highest BCUT2D eigenvalue weighted by Crippen LogP contribution is 2.32. The number of amides is 1. The van der Waals surface area contributed by atoms with Crippen molar-refractivity contribution in [3.8, 4) is 0 Å². The van der Waals surface area contributed by atoms with Gasteiger partial charge in [-0.05, 0) is 37.7 Å². The van der Waals surface area contributed by atoms with Crippen molar-refractivity contribution in [1.82, 2.24) is 5.32 Å². The largest absolute Gasteiger partial charge is 0.416 e. The fourth-order valence-corrected chi connectivity index (χ4v) is 1.54. The number of alkyl halides is 3. The number of halogens is 3. The molecule has 0 aromatic heterocycles. The lowest BCUT2D eigenvalue weighted by molar-refractivity contribution is -0.137. The minimum Gasteiger partial charge on any atom is -0.326 e. The molecule has 0 bridgehead atoms. The smallest absolute Gasteiger partial charge is 0.326 e. The molecule has 0 fully saturated rings. The first kappa shape index (κ1) is 14.5. The number of hydrogen-bond donors (Lipinski definition) is 2. The molecule has 0 aliphatic heterocycles. The highest BCUT2D eigenvalue weighted by atomic mass is 19.4. The molecular weight excluding hydrogens is 245 g/mol. The van der Waals surface area contributed by atoms with Crippen molar-refractivity contribution in [3.05, 3.63) is 29.3 Å². The second-order valence-corrected chi connectivity index (χ2v) is 3.90. The van der Waals surface area contributed by atoms with Crippen LogP contribution in [0.4, 0.5) is 18.9 Å². The molecule has 100 valence electrons. The van der Waals surface area contributed by atoms with E-state index in [-0.39, 0.29) is 11.6 Å². The predicted molar refractivity (Wildman–Crippen MR) is 63.4 cm³/mol. The number of nitrogens with one attached hydrogen (secondary N) is 2. The molecule has 0 radical (unpaired) electrons. The number of rotatable bonds is 4. The SMILES string of the molecule is CNCCc1ccc(C(F)(F)F)cc1NC(C)=O. The summed E-state index contributed by atoms with van der Waals surface area (Å²) in [5.74, 6) is -0.389. The maximum Gasteiger partial charge on any atom is 0.416 e. The zero-order valence-corrected chi connectivity index (χ0v) is 10.2. The fraction of sp³-hybridized carbons (Fsp3) is 0.417. The molecule has 1 rings (SSSR count). The van der Waals surface area contributed by atoms with Crippen LogP contribution < -0.4 is 10.6 Å². The standard InChI is InChI=1S/C12H15F3N2O/c1-8(18)17-11-7-10(12(13,14)15)4-3-9(11)5-6-16-2/h3-4,7,16H,5-6H2,1-2H3,(H,17,18). The van der Waals surface area contributed by atoms with Crippen molar-refractivity contribution in [3.63, 3.8) is 0 Å². The minimum atomic E-state index is -4.41. The number of anilines is 1. The molecule has 18 heavy (non-hydrogen) atoms. The van der Waals surface area contributed by atoms with Gasteiger partial charge in [-0.25, -0.2) is 0 Å². The molecule has 0 saturated heterocycles. The molecule has 0 aliphatic rings. The van der Waals surface area contributed by atoms with Gasteiger partial charge in [-0.1, -0.05) is 6.07 Å². The average molecular weight is 260 g/mol. The molecule has 1 amide bonds. The molecule has 3 nitrogen and oxygen atoms in total. The van der Waals surface area contributed by atoms with E-state index < -0.39 is 11.7 Å². The normalized spacial score (nSPS) is 11.4. The summed E-state index contributed by atoms with van der Waals surface area (Å²) in [5.41, 5.74) is 0.125. The molecule has 1 aromatic rings. The predicted octanol–water partition coefficient (Wildman–Crippen LogP) is 2.43. The number of hydrogen-bond acceptors (Lipinski definition) is 2. The number of carbonyl (C=O) groups excluding carboxylic acids is 1. The first-order chi connectivity index (χ1) is 8.34.